The van der Waals surface area contributed by atoms with Crippen LogP contribution in [-0.4, -0.2) is 29.9 Å². The molecule has 9 heteroatoms. The second-order valence-electron chi connectivity index (χ2n) is 7.35. The molecule has 0 radical (unpaired) electrons. The third-order valence-corrected chi connectivity index (χ3v) is 6.35. The molecule has 1 heterocycles. The highest BCUT2D eigenvalue weighted by molar-refractivity contribution is 7.89. The zero-order valence-electron chi connectivity index (χ0n) is 18.0. The molecule has 0 fully saturated rings. The van der Waals surface area contributed by atoms with Crippen LogP contribution in [0.2, 0.25) is 0 Å². The average Bonchev–Trinajstić information content (AvgIpc) is 3.23. The van der Waals surface area contributed by atoms with Crippen LogP contribution in [-0.2, 0) is 23.1 Å². The van der Waals surface area contributed by atoms with Gasteiger partial charge in [-0.05, 0) is 43.2 Å². The van der Waals surface area contributed by atoms with Crippen LogP contribution in [0.1, 0.15) is 53.0 Å². The monoisotopic (exact) mass is 454 g/mol. The second-order valence-corrected chi connectivity index (χ2v) is 9.12. The molecular weight excluding hydrogens is 428 g/mol. The van der Waals surface area contributed by atoms with E-state index in [1.807, 2.05) is 0 Å². The van der Waals surface area contributed by atoms with Gasteiger partial charge >= 0.3 is 0 Å². The van der Waals surface area contributed by atoms with E-state index in [4.69, 9.17) is 0 Å². The van der Waals surface area contributed by atoms with Crippen molar-refractivity contribution >= 4 is 27.5 Å². The Morgan fingerprint density at radius 1 is 0.969 bits per heavy atom. The number of Topliss-reactive ketones (excluding diaryl/α,β-unsaturated/α-hetero) is 1. The number of aromatic nitrogens is 2. The van der Waals surface area contributed by atoms with E-state index < -0.39 is 10.0 Å². The van der Waals surface area contributed by atoms with Crippen molar-refractivity contribution in [3.63, 3.8) is 0 Å². The van der Waals surface area contributed by atoms with Crippen LogP contribution in [0.4, 0.5) is 5.82 Å². The molecule has 0 aliphatic heterocycles. The Bertz CT molecular complexity index is 1180. The molecule has 32 heavy (non-hydrogen) atoms. The lowest BCUT2D eigenvalue weighted by molar-refractivity contribution is 0.101. The Morgan fingerprint density at radius 2 is 1.62 bits per heavy atom. The van der Waals surface area contributed by atoms with Crippen molar-refractivity contribution < 1.29 is 18.0 Å². The van der Waals surface area contributed by atoms with Crippen molar-refractivity contribution in [2.75, 3.05) is 5.32 Å². The maximum Gasteiger partial charge on any atom is 0.256 e. The van der Waals surface area contributed by atoms with Crippen LogP contribution in [0.25, 0.3) is 0 Å². The van der Waals surface area contributed by atoms with Crippen molar-refractivity contribution in [1.82, 2.24) is 14.5 Å². The van der Waals surface area contributed by atoms with Gasteiger partial charge in [-0.1, -0.05) is 37.6 Å². The first-order valence-electron chi connectivity index (χ1n) is 10.3. The van der Waals surface area contributed by atoms with Gasteiger partial charge in [0.1, 0.15) is 5.82 Å². The Balaban J connectivity index is 1.60. The molecule has 1 amide bonds. The SMILES string of the molecule is CCCCn1nccc1NC(=O)c1ccc(CNS(=O)(=O)c2ccc(C(C)=O)cc2)cc1. The van der Waals surface area contributed by atoms with E-state index in [1.54, 1.807) is 41.2 Å². The molecule has 8 nitrogen and oxygen atoms in total. The topological polar surface area (TPSA) is 110 Å². The Kier molecular flexibility index (Phi) is 7.55. The molecule has 0 bridgehead atoms. The number of carbonyl (C=O) groups excluding carboxylic acids is 2. The number of nitrogens with zero attached hydrogens (tertiary/aromatic N) is 2. The number of hydrogen-bond acceptors (Lipinski definition) is 5. The van der Waals surface area contributed by atoms with Crippen LogP contribution in [0.3, 0.4) is 0 Å². The van der Waals surface area contributed by atoms with Gasteiger partial charge < -0.3 is 5.32 Å². The summed E-state index contributed by atoms with van der Waals surface area (Å²) in [4.78, 5) is 24.0. The third-order valence-electron chi connectivity index (χ3n) is 4.94. The summed E-state index contributed by atoms with van der Waals surface area (Å²) in [5.74, 6) is 0.244. The number of rotatable bonds is 10. The summed E-state index contributed by atoms with van der Waals surface area (Å²) in [5, 5.41) is 7.07. The number of aryl methyl sites for hydroxylation is 1. The zero-order valence-corrected chi connectivity index (χ0v) is 18.9. The molecule has 168 valence electrons. The van der Waals surface area contributed by atoms with Crippen molar-refractivity contribution in [2.45, 2.75) is 44.7 Å². The van der Waals surface area contributed by atoms with Crippen LogP contribution in [0.15, 0.2) is 65.7 Å². The predicted octanol–water partition coefficient (Wildman–Crippen LogP) is 3.62. The lowest BCUT2D eigenvalue weighted by Crippen LogP contribution is -2.23. The minimum absolute atomic E-state index is 0.0719. The first kappa shape index (κ1) is 23.4. The molecule has 2 aromatic carbocycles. The summed E-state index contributed by atoms with van der Waals surface area (Å²) in [6.45, 7) is 4.32. The van der Waals surface area contributed by atoms with Gasteiger partial charge in [-0.2, -0.15) is 5.10 Å². The largest absolute Gasteiger partial charge is 0.307 e. The lowest BCUT2D eigenvalue weighted by atomic mass is 10.1. The maximum absolute atomic E-state index is 12.5. The van der Waals surface area contributed by atoms with Crippen molar-refractivity contribution in [2.24, 2.45) is 0 Å². The minimum Gasteiger partial charge on any atom is -0.307 e. The second kappa shape index (κ2) is 10.3. The van der Waals surface area contributed by atoms with Gasteiger partial charge in [-0.3, -0.25) is 9.59 Å². The molecule has 3 aromatic rings. The van der Waals surface area contributed by atoms with Crippen molar-refractivity contribution in [3.05, 3.63) is 77.5 Å². The summed E-state index contributed by atoms with van der Waals surface area (Å²) in [6, 6.07) is 14.2. The van der Waals surface area contributed by atoms with E-state index in [9.17, 15) is 18.0 Å². The van der Waals surface area contributed by atoms with Gasteiger partial charge in [0.15, 0.2) is 5.78 Å². The highest BCUT2D eigenvalue weighted by atomic mass is 32.2. The average molecular weight is 455 g/mol. The number of nitrogens with one attached hydrogen (secondary N) is 2. The Labute approximate surface area is 187 Å². The Morgan fingerprint density at radius 3 is 2.25 bits per heavy atom. The summed E-state index contributed by atoms with van der Waals surface area (Å²) in [7, 11) is -3.72. The number of sulfonamides is 1. The van der Waals surface area contributed by atoms with Crippen LogP contribution in [0.5, 0.6) is 0 Å². The summed E-state index contributed by atoms with van der Waals surface area (Å²) in [5.41, 5.74) is 1.62. The molecule has 0 aliphatic carbocycles. The fourth-order valence-electron chi connectivity index (χ4n) is 3.02. The molecule has 0 unspecified atom stereocenters. The molecule has 0 saturated heterocycles. The number of benzene rings is 2. The molecule has 0 saturated carbocycles. The van der Waals surface area contributed by atoms with E-state index >= 15 is 0 Å². The quantitative estimate of drug-likeness (QED) is 0.455. The number of hydrogen-bond donors (Lipinski definition) is 2. The van der Waals surface area contributed by atoms with Gasteiger partial charge in [0, 0.05) is 30.3 Å². The number of amides is 1. The molecule has 2 N–H and O–H groups in total. The molecule has 1 aromatic heterocycles. The lowest BCUT2D eigenvalue weighted by Gasteiger charge is -2.10. The smallest absolute Gasteiger partial charge is 0.256 e. The van der Waals surface area contributed by atoms with Crippen LogP contribution in [0, 0.1) is 0 Å². The maximum atomic E-state index is 12.5. The van der Waals surface area contributed by atoms with E-state index in [2.05, 4.69) is 22.1 Å². The fourth-order valence-corrected chi connectivity index (χ4v) is 4.04. The number of ketones is 1. The number of carbonyl (C=O) groups is 2. The predicted molar refractivity (Wildman–Crippen MR) is 122 cm³/mol. The van der Waals surface area contributed by atoms with E-state index in [1.165, 1.54) is 31.2 Å². The molecular formula is C23H26N4O4S. The van der Waals surface area contributed by atoms with Crippen LogP contribution < -0.4 is 10.0 Å². The third kappa shape index (κ3) is 5.89. The molecule has 0 aliphatic rings. The minimum atomic E-state index is -3.72. The van der Waals surface area contributed by atoms with Gasteiger partial charge in [-0.25, -0.2) is 17.8 Å². The standard InChI is InChI=1S/C23H26N4O4S/c1-3-4-15-27-22(13-14-24-27)26-23(29)20-7-5-18(6-8-20)16-25-32(30,31)21-11-9-19(10-12-21)17(2)28/h5-14,25H,3-4,15-16H2,1-2H3,(H,26,29). The zero-order chi connectivity index (χ0) is 23.1. The van der Waals surface area contributed by atoms with Crippen molar-refractivity contribution in [3.8, 4) is 0 Å². The van der Waals surface area contributed by atoms with E-state index in [0.717, 1.165) is 19.4 Å². The van der Waals surface area contributed by atoms with Crippen molar-refractivity contribution in [1.29, 1.82) is 0 Å². The molecule has 0 spiro atoms. The number of anilines is 1. The molecule has 0 atom stereocenters. The number of unbranched alkanes of at least 4 members (excludes halogenated alkanes) is 1. The highest BCUT2D eigenvalue weighted by Gasteiger charge is 2.15. The first-order valence-corrected chi connectivity index (χ1v) is 11.8. The fraction of sp³-hybridized carbons (Fsp3) is 0.261. The summed E-state index contributed by atoms with van der Waals surface area (Å²) >= 11 is 0. The highest BCUT2D eigenvalue weighted by Crippen LogP contribution is 2.14. The van der Waals surface area contributed by atoms with E-state index in [-0.39, 0.29) is 23.1 Å². The summed E-state index contributed by atoms with van der Waals surface area (Å²) < 4.78 is 29.2. The van der Waals surface area contributed by atoms with Gasteiger partial charge in [0.2, 0.25) is 10.0 Å². The van der Waals surface area contributed by atoms with E-state index in [0.29, 0.717) is 22.5 Å². The Hall–Kier alpha value is -3.30. The van der Waals surface area contributed by atoms with Gasteiger partial charge in [-0.15, -0.1) is 0 Å². The normalized spacial score (nSPS) is 11.3. The van der Waals surface area contributed by atoms with Gasteiger partial charge in [0.25, 0.3) is 5.91 Å². The van der Waals surface area contributed by atoms with Gasteiger partial charge in [0.05, 0.1) is 11.1 Å². The molecule has 3 rings (SSSR count). The first-order chi connectivity index (χ1) is 15.3. The summed E-state index contributed by atoms with van der Waals surface area (Å²) in [6.07, 6.45) is 3.65. The van der Waals surface area contributed by atoms with Crippen LogP contribution >= 0.6 is 0 Å².